The number of anilines is 1. The zero-order chi connectivity index (χ0) is 16.7. The van der Waals surface area contributed by atoms with Gasteiger partial charge in [-0.1, -0.05) is 53.0 Å². The summed E-state index contributed by atoms with van der Waals surface area (Å²) in [7, 11) is 0. The number of hydrogen-bond donors (Lipinski definition) is 1. The van der Waals surface area contributed by atoms with Crippen LogP contribution in [0.3, 0.4) is 0 Å². The van der Waals surface area contributed by atoms with E-state index in [1.54, 1.807) is 12.1 Å². The molecule has 0 aliphatic carbocycles. The van der Waals surface area contributed by atoms with Gasteiger partial charge in [-0.15, -0.1) is 0 Å². The number of hydrogen-bond acceptors (Lipinski definition) is 3. The van der Waals surface area contributed by atoms with Crippen LogP contribution in [0.15, 0.2) is 36.4 Å². The average molecular weight is 375 g/mol. The summed E-state index contributed by atoms with van der Waals surface area (Å²) in [5.41, 5.74) is 1.75. The topological polar surface area (TPSA) is 30.5 Å². The van der Waals surface area contributed by atoms with Crippen LogP contribution in [0.25, 0.3) is 0 Å². The van der Waals surface area contributed by atoms with Crippen molar-refractivity contribution < 1.29 is 9.47 Å². The molecule has 2 aromatic rings. The van der Waals surface area contributed by atoms with Crippen molar-refractivity contribution in [1.82, 2.24) is 0 Å². The monoisotopic (exact) mass is 373 g/mol. The number of ether oxygens (including phenoxy) is 2. The molecule has 0 bridgehead atoms. The Morgan fingerprint density at radius 2 is 1.70 bits per heavy atom. The molecule has 1 N–H and O–H groups in total. The minimum Gasteiger partial charge on any atom is -0.491 e. The fourth-order valence-electron chi connectivity index (χ4n) is 1.99. The highest BCUT2D eigenvalue weighted by molar-refractivity contribution is 6.44. The highest BCUT2D eigenvalue weighted by Gasteiger charge is 2.08. The van der Waals surface area contributed by atoms with Crippen molar-refractivity contribution in [3.63, 3.8) is 0 Å². The quantitative estimate of drug-likeness (QED) is 0.476. The van der Waals surface area contributed by atoms with Crippen LogP contribution >= 0.6 is 34.8 Å². The summed E-state index contributed by atoms with van der Waals surface area (Å²) in [6.45, 7) is 4.28. The SMILES string of the molecule is CCOCCOc1ccccc1CNc1cc(Cl)c(Cl)cc1Cl. The van der Waals surface area contributed by atoms with Crippen LogP contribution in [0.5, 0.6) is 5.75 Å². The van der Waals surface area contributed by atoms with Crippen LogP contribution in [0.4, 0.5) is 5.69 Å². The van der Waals surface area contributed by atoms with Gasteiger partial charge in [0.15, 0.2) is 0 Å². The molecule has 0 aliphatic heterocycles. The second-order valence-corrected chi connectivity index (χ2v) is 5.97. The van der Waals surface area contributed by atoms with Gasteiger partial charge in [0.1, 0.15) is 12.4 Å². The van der Waals surface area contributed by atoms with Crippen molar-refractivity contribution >= 4 is 40.5 Å². The van der Waals surface area contributed by atoms with Gasteiger partial charge in [0, 0.05) is 18.7 Å². The largest absolute Gasteiger partial charge is 0.491 e. The highest BCUT2D eigenvalue weighted by Crippen LogP contribution is 2.32. The molecule has 124 valence electrons. The van der Waals surface area contributed by atoms with Gasteiger partial charge < -0.3 is 14.8 Å². The Bertz CT molecular complexity index is 650. The van der Waals surface area contributed by atoms with Gasteiger partial charge in [-0.25, -0.2) is 0 Å². The molecule has 0 amide bonds. The summed E-state index contributed by atoms with van der Waals surface area (Å²) in [5, 5.41) is 4.67. The Labute approximate surface area is 151 Å². The highest BCUT2D eigenvalue weighted by atomic mass is 35.5. The molecule has 0 aromatic heterocycles. The van der Waals surface area contributed by atoms with Gasteiger partial charge in [-0.3, -0.25) is 0 Å². The van der Waals surface area contributed by atoms with Crippen molar-refractivity contribution in [1.29, 1.82) is 0 Å². The normalized spacial score (nSPS) is 10.6. The van der Waals surface area contributed by atoms with E-state index in [0.717, 1.165) is 17.0 Å². The molecule has 0 radical (unpaired) electrons. The van der Waals surface area contributed by atoms with E-state index >= 15 is 0 Å². The van der Waals surface area contributed by atoms with E-state index in [-0.39, 0.29) is 0 Å². The zero-order valence-corrected chi connectivity index (χ0v) is 15.0. The molecule has 0 atom stereocenters. The number of halogens is 3. The Morgan fingerprint density at radius 1 is 0.957 bits per heavy atom. The molecule has 0 heterocycles. The van der Waals surface area contributed by atoms with E-state index in [1.165, 1.54) is 0 Å². The van der Waals surface area contributed by atoms with Gasteiger partial charge in [-0.05, 0) is 25.1 Å². The molecule has 0 saturated heterocycles. The van der Waals surface area contributed by atoms with Gasteiger partial charge in [-0.2, -0.15) is 0 Å². The van der Waals surface area contributed by atoms with E-state index in [0.29, 0.717) is 41.4 Å². The van der Waals surface area contributed by atoms with Crippen LogP contribution in [-0.2, 0) is 11.3 Å². The van der Waals surface area contributed by atoms with Gasteiger partial charge in [0.25, 0.3) is 0 Å². The third-order valence-electron chi connectivity index (χ3n) is 3.14. The lowest BCUT2D eigenvalue weighted by atomic mass is 10.2. The average Bonchev–Trinajstić information content (AvgIpc) is 2.55. The van der Waals surface area contributed by atoms with Crippen LogP contribution < -0.4 is 10.1 Å². The smallest absolute Gasteiger partial charge is 0.124 e. The molecule has 23 heavy (non-hydrogen) atoms. The molecule has 6 heteroatoms. The maximum absolute atomic E-state index is 6.17. The van der Waals surface area contributed by atoms with Crippen LogP contribution in [0.2, 0.25) is 15.1 Å². The van der Waals surface area contributed by atoms with Crippen molar-refractivity contribution in [2.45, 2.75) is 13.5 Å². The van der Waals surface area contributed by atoms with Gasteiger partial charge in [0.2, 0.25) is 0 Å². The maximum Gasteiger partial charge on any atom is 0.124 e. The zero-order valence-electron chi connectivity index (χ0n) is 12.7. The summed E-state index contributed by atoms with van der Waals surface area (Å²) < 4.78 is 11.0. The van der Waals surface area contributed by atoms with Crippen LogP contribution in [0, 0.1) is 0 Å². The van der Waals surface area contributed by atoms with E-state index < -0.39 is 0 Å². The van der Waals surface area contributed by atoms with Crippen molar-refractivity contribution in [2.75, 3.05) is 25.1 Å². The number of benzene rings is 2. The van der Waals surface area contributed by atoms with Crippen molar-refractivity contribution in [3.8, 4) is 5.75 Å². The predicted molar refractivity (Wildman–Crippen MR) is 97.2 cm³/mol. The van der Waals surface area contributed by atoms with Crippen molar-refractivity contribution in [2.24, 2.45) is 0 Å². The summed E-state index contributed by atoms with van der Waals surface area (Å²) in [4.78, 5) is 0. The number of rotatable bonds is 8. The van der Waals surface area contributed by atoms with Crippen LogP contribution in [-0.4, -0.2) is 19.8 Å². The molecule has 0 aliphatic rings. The Balaban J connectivity index is 2.02. The molecule has 0 fully saturated rings. The third-order valence-corrected chi connectivity index (χ3v) is 4.18. The standard InChI is InChI=1S/C17H18Cl3NO2/c1-2-22-7-8-23-17-6-4-3-5-12(17)11-21-16-10-14(19)13(18)9-15(16)20/h3-6,9-10,21H,2,7-8,11H2,1H3. The van der Waals surface area contributed by atoms with E-state index in [1.807, 2.05) is 31.2 Å². The summed E-state index contributed by atoms with van der Waals surface area (Å²) in [6, 6.07) is 11.2. The molecular weight excluding hydrogens is 357 g/mol. The van der Waals surface area contributed by atoms with Crippen molar-refractivity contribution in [3.05, 3.63) is 57.0 Å². The first kappa shape index (κ1) is 18.2. The first-order valence-corrected chi connectivity index (χ1v) is 8.42. The summed E-state index contributed by atoms with van der Waals surface area (Å²) >= 11 is 18.1. The molecule has 2 aromatic carbocycles. The first-order chi connectivity index (χ1) is 11.1. The lowest BCUT2D eigenvalue weighted by molar-refractivity contribution is 0.110. The lowest BCUT2D eigenvalue weighted by Gasteiger charge is -2.14. The Kier molecular flexibility index (Phi) is 7.31. The molecule has 0 spiro atoms. The molecule has 0 saturated carbocycles. The predicted octanol–water partition coefficient (Wildman–Crippen LogP) is 5.67. The molecule has 0 unspecified atom stereocenters. The lowest BCUT2D eigenvalue weighted by Crippen LogP contribution is -2.09. The van der Waals surface area contributed by atoms with E-state index in [4.69, 9.17) is 44.3 Å². The first-order valence-electron chi connectivity index (χ1n) is 7.28. The second-order valence-electron chi connectivity index (χ2n) is 4.75. The Morgan fingerprint density at radius 3 is 2.48 bits per heavy atom. The van der Waals surface area contributed by atoms with E-state index in [2.05, 4.69) is 5.32 Å². The minimum atomic E-state index is 0.432. The van der Waals surface area contributed by atoms with Gasteiger partial charge in [0.05, 0.1) is 27.4 Å². The summed E-state index contributed by atoms with van der Waals surface area (Å²) in [6.07, 6.45) is 0. The molecular formula is C17H18Cl3NO2. The Hall–Kier alpha value is -1.13. The van der Waals surface area contributed by atoms with Gasteiger partial charge >= 0.3 is 0 Å². The second kappa shape index (κ2) is 9.24. The minimum absolute atomic E-state index is 0.432. The molecule has 3 nitrogen and oxygen atoms in total. The summed E-state index contributed by atoms with van der Waals surface area (Å²) in [5.74, 6) is 0.816. The number of para-hydroxylation sites is 1. The molecule has 2 rings (SSSR count). The van der Waals surface area contributed by atoms with E-state index in [9.17, 15) is 0 Å². The third kappa shape index (κ3) is 5.47. The number of nitrogens with one attached hydrogen (secondary N) is 1. The van der Waals surface area contributed by atoms with Crippen LogP contribution in [0.1, 0.15) is 12.5 Å². The maximum atomic E-state index is 6.17. The fourth-order valence-corrected chi connectivity index (χ4v) is 2.61. The fraction of sp³-hybridized carbons (Fsp3) is 0.294.